The van der Waals surface area contributed by atoms with Gasteiger partial charge in [-0.3, -0.25) is 4.79 Å². The van der Waals surface area contributed by atoms with Crippen LogP contribution >= 0.6 is 0 Å². The maximum atomic E-state index is 13.2. The van der Waals surface area contributed by atoms with E-state index in [1.165, 1.54) is 6.07 Å². The average molecular weight is 196 g/mol. The molecule has 1 aromatic rings. The maximum Gasteiger partial charge on any atom is 0.379 e. The summed E-state index contributed by atoms with van der Waals surface area (Å²) in [5.41, 5.74) is 0.194. The van der Waals surface area contributed by atoms with E-state index in [0.717, 1.165) is 13.2 Å². The monoisotopic (exact) mass is 196 g/mol. The molecule has 0 heterocycles. The van der Waals surface area contributed by atoms with Crippen LogP contribution in [0.3, 0.4) is 0 Å². The van der Waals surface area contributed by atoms with Gasteiger partial charge in [-0.2, -0.15) is 0 Å². The minimum Gasteiger partial charge on any atom is -0.463 e. The number of ether oxygens (including phenoxy) is 1. The van der Waals surface area contributed by atoms with Crippen LogP contribution in [0.4, 0.5) is 4.39 Å². The van der Waals surface area contributed by atoms with Crippen LogP contribution in [0.1, 0.15) is 15.9 Å². The average Bonchev–Trinajstić information content (AvgIpc) is 2.16. The molecule has 0 aromatic heterocycles. The summed E-state index contributed by atoms with van der Waals surface area (Å²) in [5.74, 6) is -2.72. The molecule has 0 aliphatic rings. The minimum atomic E-state index is -1.06. The highest BCUT2D eigenvalue weighted by atomic mass is 19.1. The number of carbonyl (C=O) groups is 2. The molecule has 3 nitrogen and oxygen atoms in total. The summed E-state index contributed by atoms with van der Waals surface area (Å²) in [6, 6.07) is 4.15. The Morgan fingerprint density at radius 2 is 2.00 bits per heavy atom. The normalized spacial score (nSPS) is 9.64. The van der Waals surface area contributed by atoms with Crippen molar-refractivity contribution in [2.24, 2.45) is 0 Å². The molecular formula is C10H9FO3. The molecule has 0 amide bonds. The summed E-state index contributed by atoms with van der Waals surface area (Å²) in [6.07, 6.45) is 0. The van der Waals surface area contributed by atoms with E-state index in [1.54, 1.807) is 13.0 Å². The van der Waals surface area contributed by atoms with Crippen molar-refractivity contribution in [3.8, 4) is 0 Å². The van der Waals surface area contributed by atoms with E-state index in [9.17, 15) is 14.0 Å². The summed E-state index contributed by atoms with van der Waals surface area (Å²) in [6.45, 7) is 1.55. The van der Waals surface area contributed by atoms with E-state index in [1.807, 2.05) is 0 Å². The van der Waals surface area contributed by atoms with E-state index in [0.29, 0.717) is 5.56 Å². The highest BCUT2D eigenvalue weighted by Gasteiger charge is 2.22. The summed E-state index contributed by atoms with van der Waals surface area (Å²) in [7, 11) is 1.08. The largest absolute Gasteiger partial charge is 0.463 e. The Labute approximate surface area is 80.5 Å². The Morgan fingerprint density at radius 3 is 2.50 bits per heavy atom. The van der Waals surface area contributed by atoms with Crippen LogP contribution in [0.25, 0.3) is 0 Å². The third kappa shape index (κ3) is 1.79. The maximum absolute atomic E-state index is 13.2. The van der Waals surface area contributed by atoms with Crippen molar-refractivity contribution in [3.63, 3.8) is 0 Å². The van der Waals surface area contributed by atoms with Crippen molar-refractivity contribution in [2.45, 2.75) is 6.92 Å². The lowest BCUT2D eigenvalue weighted by atomic mass is 10.0. The van der Waals surface area contributed by atoms with E-state index in [4.69, 9.17) is 0 Å². The van der Waals surface area contributed by atoms with Crippen LogP contribution < -0.4 is 0 Å². The zero-order valence-electron chi connectivity index (χ0n) is 7.83. The molecule has 1 rings (SSSR count). The fourth-order valence-corrected chi connectivity index (χ4v) is 1.11. The number of hydrogen-bond donors (Lipinski definition) is 0. The smallest absolute Gasteiger partial charge is 0.379 e. The molecule has 0 atom stereocenters. The second kappa shape index (κ2) is 4.00. The van der Waals surface area contributed by atoms with Crippen molar-refractivity contribution in [1.29, 1.82) is 0 Å². The van der Waals surface area contributed by atoms with Crippen LogP contribution in [0.5, 0.6) is 0 Å². The van der Waals surface area contributed by atoms with Gasteiger partial charge >= 0.3 is 5.97 Å². The van der Waals surface area contributed by atoms with Gasteiger partial charge in [-0.25, -0.2) is 9.18 Å². The molecule has 0 radical (unpaired) electrons. The third-order valence-corrected chi connectivity index (χ3v) is 1.82. The molecule has 0 fully saturated rings. The Hall–Kier alpha value is -1.71. The number of halogens is 1. The second-order valence-electron chi connectivity index (χ2n) is 2.75. The van der Waals surface area contributed by atoms with Crippen molar-refractivity contribution in [2.75, 3.05) is 7.11 Å². The van der Waals surface area contributed by atoms with Crippen molar-refractivity contribution in [1.82, 2.24) is 0 Å². The molecular weight excluding hydrogens is 187 g/mol. The van der Waals surface area contributed by atoms with Crippen molar-refractivity contribution >= 4 is 11.8 Å². The summed E-state index contributed by atoms with van der Waals surface area (Å²) >= 11 is 0. The third-order valence-electron chi connectivity index (χ3n) is 1.82. The SMILES string of the molecule is COC(=O)C(=O)c1c(C)cccc1F. The van der Waals surface area contributed by atoms with Crippen LogP contribution in [0.2, 0.25) is 0 Å². The minimum absolute atomic E-state index is 0.223. The van der Waals surface area contributed by atoms with Crippen molar-refractivity contribution < 1.29 is 18.7 Å². The Bertz CT molecular complexity index is 365. The highest BCUT2D eigenvalue weighted by molar-refractivity contribution is 6.41. The number of Topliss-reactive ketones (excluding diaryl/α,β-unsaturated/α-hetero) is 1. The van der Waals surface area contributed by atoms with Crippen LogP contribution in [-0.4, -0.2) is 18.9 Å². The molecule has 4 heteroatoms. The van der Waals surface area contributed by atoms with Crippen LogP contribution in [-0.2, 0) is 9.53 Å². The van der Waals surface area contributed by atoms with Gasteiger partial charge in [-0.15, -0.1) is 0 Å². The standard InChI is InChI=1S/C10H9FO3/c1-6-4-3-5-7(11)8(6)9(12)10(13)14-2/h3-5H,1-2H3. The zero-order chi connectivity index (χ0) is 10.7. The summed E-state index contributed by atoms with van der Waals surface area (Å²) < 4.78 is 17.4. The van der Waals surface area contributed by atoms with Crippen LogP contribution in [0, 0.1) is 12.7 Å². The molecule has 0 unspecified atom stereocenters. The topological polar surface area (TPSA) is 43.4 Å². The fourth-order valence-electron chi connectivity index (χ4n) is 1.11. The number of carbonyl (C=O) groups excluding carboxylic acids is 2. The predicted molar refractivity (Wildman–Crippen MR) is 47.5 cm³/mol. The quantitative estimate of drug-likeness (QED) is 0.409. The highest BCUT2D eigenvalue weighted by Crippen LogP contribution is 2.13. The number of hydrogen-bond acceptors (Lipinski definition) is 3. The first-order valence-corrected chi connectivity index (χ1v) is 3.95. The molecule has 14 heavy (non-hydrogen) atoms. The number of ketones is 1. The lowest BCUT2D eigenvalue weighted by molar-refractivity contribution is -0.135. The first-order chi connectivity index (χ1) is 6.57. The number of aryl methyl sites for hydroxylation is 1. The number of methoxy groups -OCH3 is 1. The summed E-state index contributed by atoms with van der Waals surface area (Å²) in [4.78, 5) is 22.2. The van der Waals surface area contributed by atoms with Gasteiger partial charge in [0, 0.05) is 0 Å². The molecule has 0 saturated heterocycles. The van der Waals surface area contributed by atoms with Crippen LogP contribution in [0.15, 0.2) is 18.2 Å². The molecule has 0 aliphatic heterocycles. The predicted octanol–water partition coefficient (Wildman–Crippen LogP) is 1.49. The van der Waals surface area contributed by atoms with Gasteiger partial charge < -0.3 is 4.74 Å². The molecule has 0 spiro atoms. The molecule has 1 aromatic carbocycles. The fraction of sp³-hybridized carbons (Fsp3) is 0.200. The lowest BCUT2D eigenvalue weighted by Crippen LogP contribution is -2.18. The Balaban J connectivity index is 3.19. The first kappa shape index (κ1) is 10.4. The summed E-state index contributed by atoms with van der Waals surface area (Å²) in [5, 5.41) is 0. The molecule has 74 valence electrons. The number of esters is 1. The molecule has 0 aliphatic carbocycles. The van der Waals surface area contributed by atoms with E-state index in [-0.39, 0.29) is 5.56 Å². The molecule has 0 saturated carbocycles. The second-order valence-corrected chi connectivity index (χ2v) is 2.75. The first-order valence-electron chi connectivity index (χ1n) is 3.95. The Kier molecular flexibility index (Phi) is 2.96. The van der Waals surface area contributed by atoms with E-state index >= 15 is 0 Å². The molecule has 0 bridgehead atoms. The van der Waals surface area contributed by atoms with Gasteiger partial charge in [-0.1, -0.05) is 12.1 Å². The van der Waals surface area contributed by atoms with Gasteiger partial charge in [0.15, 0.2) is 0 Å². The van der Waals surface area contributed by atoms with Gasteiger partial charge in [0.05, 0.1) is 12.7 Å². The lowest BCUT2D eigenvalue weighted by Gasteiger charge is -2.03. The zero-order valence-corrected chi connectivity index (χ0v) is 7.83. The van der Waals surface area contributed by atoms with Crippen molar-refractivity contribution in [3.05, 3.63) is 35.1 Å². The van der Waals surface area contributed by atoms with Gasteiger partial charge in [0.1, 0.15) is 5.82 Å². The van der Waals surface area contributed by atoms with Gasteiger partial charge in [0.2, 0.25) is 0 Å². The van der Waals surface area contributed by atoms with E-state index in [2.05, 4.69) is 4.74 Å². The van der Waals surface area contributed by atoms with E-state index < -0.39 is 17.6 Å². The number of rotatable bonds is 2. The number of benzene rings is 1. The molecule has 0 N–H and O–H groups in total. The van der Waals surface area contributed by atoms with Gasteiger partial charge in [0.25, 0.3) is 5.78 Å². The van der Waals surface area contributed by atoms with Gasteiger partial charge in [-0.05, 0) is 18.6 Å². The Morgan fingerprint density at radius 1 is 1.36 bits per heavy atom.